The number of rotatable bonds is 6. The standard InChI is InChI=1S/C16H20N2O/c1-13-3-5-14(6-4-13)17-11-12-18-15-7-9-16(19-2)10-8-15/h3-10,17-18H,11-12H2,1-2H3. The molecule has 0 aliphatic rings. The molecule has 19 heavy (non-hydrogen) atoms. The third kappa shape index (κ3) is 4.21. The van der Waals surface area contributed by atoms with Crippen molar-refractivity contribution < 1.29 is 4.74 Å². The normalized spacial score (nSPS) is 10.0. The van der Waals surface area contributed by atoms with Crippen molar-refractivity contribution in [1.29, 1.82) is 0 Å². The van der Waals surface area contributed by atoms with Gasteiger partial charge in [-0.25, -0.2) is 0 Å². The molecule has 0 aromatic heterocycles. The largest absolute Gasteiger partial charge is 0.497 e. The molecule has 3 nitrogen and oxygen atoms in total. The minimum atomic E-state index is 0.875. The van der Waals surface area contributed by atoms with Crippen LogP contribution in [0.3, 0.4) is 0 Å². The fourth-order valence-electron chi connectivity index (χ4n) is 1.79. The number of hydrogen-bond donors (Lipinski definition) is 2. The molecule has 2 N–H and O–H groups in total. The highest BCUT2D eigenvalue weighted by Gasteiger charge is 1.94. The molecule has 2 rings (SSSR count). The third-order valence-corrected chi connectivity index (χ3v) is 2.92. The van der Waals surface area contributed by atoms with Crippen LogP contribution in [0.15, 0.2) is 48.5 Å². The molecule has 2 aromatic carbocycles. The Hall–Kier alpha value is -2.16. The van der Waals surface area contributed by atoms with Crippen LogP contribution in [0.4, 0.5) is 11.4 Å². The molecule has 0 amide bonds. The van der Waals surface area contributed by atoms with Gasteiger partial charge in [0.15, 0.2) is 0 Å². The highest BCUT2D eigenvalue weighted by atomic mass is 16.5. The molecule has 2 aromatic rings. The van der Waals surface area contributed by atoms with Gasteiger partial charge >= 0.3 is 0 Å². The first kappa shape index (κ1) is 13.3. The fourth-order valence-corrected chi connectivity index (χ4v) is 1.79. The van der Waals surface area contributed by atoms with Gasteiger partial charge in [-0.1, -0.05) is 17.7 Å². The molecule has 0 aliphatic carbocycles. The number of nitrogens with one attached hydrogen (secondary N) is 2. The Morgan fingerprint density at radius 2 is 1.26 bits per heavy atom. The predicted octanol–water partition coefficient (Wildman–Crippen LogP) is 3.53. The SMILES string of the molecule is COc1ccc(NCCNc2ccc(C)cc2)cc1. The average molecular weight is 256 g/mol. The Kier molecular flexibility index (Phi) is 4.67. The summed E-state index contributed by atoms with van der Waals surface area (Å²) in [4.78, 5) is 0. The van der Waals surface area contributed by atoms with Crippen LogP contribution < -0.4 is 15.4 Å². The first-order valence-corrected chi connectivity index (χ1v) is 6.46. The lowest BCUT2D eigenvalue weighted by molar-refractivity contribution is 0.415. The first-order chi connectivity index (χ1) is 9.28. The third-order valence-electron chi connectivity index (χ3n) is 2.92. The number of hydrogen-bond acceptors (Lipinski definition) is 3. The maximum absolute atomic E-state index is 5.12. The maximum Gasteiger partial charge on any atom is 0.119 e. The van der Waals surface area contributed by atoms with Gasteiger partial charge in [-0.2, -0.15) is 0 Å². The molecule has 0 saturated carbocycles. The second-order valence-electron chi connectivity index (χ2n) is 4.45. The predicted molar refractivity (Wildman–Crippen MR) is 81.2 cm³/mol. The van der Waals surface area contributed by atoms with E-state index in [2.05, 4.69) is 41.8 Å². The van der Waals surface area contributed by atoms with Crippen LogP contribution in [0.25, 0.3) is 0 Å². The van der Waals surface area contributed by atoms with E-state index in [4.69, 9.17) is 4.74 Å². The van der Waals surface area contributed by atoms with E-state index in [-0.39, 0.29) is 0 Å². The summed E-state index contributed by atoms with van der Waals surface area (Å²) in [6, 6.07) is 16.4. The average Bonchev–Trinajstić information content (AvgIpc) is 2.46. The van der Waals surface area contributed by atoms with E-state index >= 15 is 0 Å². The Bertz CT molecular complexity index is 491. The van der Waals surface area contributed by atoms with Crippen molar-refractivity contribution in [3.63, 3.8) is 0 Å². The summed E-state index contributed by atoms with van der Waals surface area (Å²) >= 11 is 0. The number of benzene rings is 2. The molecule has 3 heteroatoms. The van der Waals surface area contributed by atoms with Crippen LogP contribution in [-0.2, 0) is 0 Å². The number of ether oxygens (including phenoxy) is 1. The summed E-state index contributed by atoms with van der Waals surface area (Å²) in [5.74, 6) is 0.878. The van der Waals surface area contributed by atoms with Gasteiger partial charge in [-0.05, 0) is 43.3 Å². The van der Waals surface area contributed by atoms with Gasteiger partial charge < -0.3 is 15.4 Å². The van der Waals surface area contributed by atoms with E-state index in [1.165, 1.54) is 5.56 Å². The summed E-state index contributed by atoms with van der Waals surface area (Å²) in [5, 5.41) is 6.74. The van der Waals surface area contributed by atoms with Crippen LogP contribution in [0.5, 0.6) is 5.75 Å². The van der Waals surface area contributed by atoms with Crippen molar-refractivity contribution in [1.82, 2.24) is 0 Å². The van der Waals surface area contributed by atoms with Gasteiger partial charge in [0.25, 0.3) is 0 Å². The van der Waals surface area contributed by atoms with Gasteiger partial charge in [0.1, 0.15) is 5.75 Å². The molecule has 0 radical (unpaired) electrons. The molecule has 0 saturated heterocycles. The van der Waals surface area contributed by atoms with E-state index in [1.807, 2.05) is 24.3 Å². The van der Waals surface area contributed by atoms with Crippen molar-refractivity contribution in [3.8, 4) is 5.75 Å². The molecule has 0 atom stereocenters. The molecule has 100 valence electrons. The zero-order valence-electron chi connectivity index (χ0n) is 11.4. The molecular formula is C16H20N2O. The van der Waals surface area contributed by atoms with E-state index in [9.17, 15) is 0 Å². The maximum atomic E-state index is 5.12. The number of anilines is 2. The Morgan fingerprint density at radius 1 is 0.789 bits per heavy atom. The molecular weight excluding hydrogens is 236 g/mol. The van der Waals surface area contributed by atoms with Gasteiger partial charge in [-0.3, -0.25) is 0 Å². The van der Waals surface area contributed by atoms with Crippen molar-refractivity contribution in [3.05, 3.63) is 54.1 Å². The number of aryl methyl sites for hydroxylation is 1. The highest BCUT2D eigenvalue weighted by Crippen LogP contribution is 2.14. The Labute approximate surface area is 114 Å². The minimum absolute atomic E-state index is 0.875. The lowest BCUT2D eigenvalue weighted by Crippen LogP contribution is -2.13. The van der Waals surface area contributed by atoms with Crippen LogP contribution in [0.2, 0.25) is 0 Å². The van der Waals surface area contributed by atoms with E-state index < -0.39 is 0 Å². The van der Waals surface area contributed by atoms with Gasteiger partial charge in [-0.15, -0.1) is 0 Å². The molecule has 0 spiro atoms. The minimum Gasteiger partial charge on any atom is -0.497 e. The van der Waals surface area contributed by atoms with Crippen LogP contribution >= 0.6 is 0 Å². The molecule has 0 unspecified atom stereocenters. The topological polar surface area (TPSA) is 33.3 Å². The number of methoxy groups -OCH3 is 1. The molecule has 0 fully saturated rings. The molecule has 0 heterocycles. The van der Waals surface area contributed by atoms with Gasteiger partial charge in [0.05, 0.1) is 7.11 Å². The van der Waals surface area contributed by atoms with Gasteiger partial charge in [0.2, 0.25) is 0 Å². The lowest BCUT2D eigenvalue weighted by Gasteiger charge is -2.09. The molecule has 0 aliphatic heterocycles. The highest BCUT2D eigenvalue weighted by molar-refractivity contribution is 5.47. The van der Waals surface area contributed by atoms with Crippen LogP contribution in [-0.4, -0.2) is 20.2 Å². The first-order valence-electron chi connectivity index (χ1n) is 6.46. The lowest BCUT2D eigenvalue weighted by atomic mass is 10.2. The Morgan fingerprint density at radius 3 is 1.74 bits per heavy atom. The zero-order valence-corrected chi connectivity index (χ0v) is 11.4. The van der Waals surface area contributed by atoms with E-state index in [0.717, 1.165) is 30.2 Å². The van der Waals surface area contributed by atoms with Crippen molar-refractivity contribution in [2.75, 3.05) is 30.8 Å². The zero-order chi connectivity index (χ0) is 13.5. The summed E-state index contributed by atoms with van der Waals surface area (Å²) in [5.41, 5.74) is 3.54. The summed E-state index contributed by atoms with van der Waals surface area (Å²) in [6.07, 6.45) is 0. The second kappa shape index (κ2) is 6.69. The fraction of sp³-hybridized carbons (Fsp3) is 0.250. The quantitative estimate of drug-likeness (QED) is 0.776. The summed E-state index contributed by atoms with van der Waals surface area (Å²) in [7, 11) is 1.67. The van der Waals surface area contributed by atoms with E-state index in [1.54, 1.807) is 7.11 Å². The summed E-state index contributed by atoms with van der Waals surface area (Å²) < 4.78 is 5.12. The molecule has 0 bridgehead atoms. The summed E-state index contributed by atoms with van der Waals surface area (Å²) in [6.45, 7) is 3.85. The van der Waals surface area contributed by atoms with Gasteiger partial charge in [0, 0.05) is 24.5 Å². The van der Waals surface area contributed by atoms with Crippen molar-refractivity contribution in [2.24, 2.45) is 0 Å². The van der Waals surface area contributed by atoms with Crippen molar-refractivity contribution in [2.45, 2.75) is 6.92 Å². The van der Waals surface area contributed by atoms with E-state index in [0.29, 0.717) is 0 Å². The Balaban J connectivity index is 1.72. The monoisotopic (exact) mass is 256 g/mol. The smallest absolute Gasteiger partial charge is 0.119 e. The second-order valence-corrected chi connectivity index (χ2v) is 4.45. The van der Waals surface area contributed by atoms with Crippen LogP contribution in [0.1, 0.15) is 5.56 Å². The van der Waals surface area contributed by atoms with Crippen molar-refractivity contribution >= 4 is 11.4 Å². The van der Waals surface area contributed by atoms with Crippen LogP contribution in [0, 0.1) is 6.92 Å².